The zero-order valence-electron chi connectivity index (χ0n) is 17.7. The van der Waals surface area contributed by atoms with Crippen LogP contribution in [0.5, 0.6) is 0 Å². The topological polar surface area (TPSA) is 99.6 Å². The standard InChI is InChI=1S/C24H24Cl2N6/c1-14-10-18(19(12-27)15-6-8-16(25)9-7-15)20(26)11-21(14)32-24-22(28)23(29-13-30-24)31-17-4-2-3-5-17/h6-11,13,17,19H,2-5,28H2,1H3,(H2,29,30,31,32). The number of nitrogen functional groups attached to an aromatic ring is 1. The molecule has 4 N–H and O–H groups in total. The predicted octanol–water partition coefficient (Wildman–Crippen LogP) is 6.43. The van der Waals surface area contributed by atoms with Gasteiger partial charge in [-0.05, 0) is 54.7 Å². The second kappa shape index (κ2) is 9.64. The molecule has 0 spiro atoms. The van der Waals surface area contributed by atoms with Crippen LogP contribution in [0.3, 0.4) is 0 Å². The number of nitrogens with one attached hydrogen (secondary N) is 2. The van der Waals surface area contributed by atoms with Crippen molar-refractivity contribution in [1.29, 1.82) is 5.26 Å². The molecule has 1 heterocycles. The Bertz CT molecular complexity index is 1150. The van der Waals surface area contributed by atoms with Crippen LogP contribution in [-0.4, -0.2) is 16.0 Å². The Morgan fingerprint density at radius 3 is 2.47 bits per heavy atom. The third-order valence-electron chi connectivity index (χ3n) is 5.82. The maximum absolute atomic E-state index is 9.81. The first-order valence-electron chi connectivity index (χ1n) is 10.6. The molecule has 1 saturated carbocycles. The first-order valence-corrected chi connectivity index (χ1v) is 11.3. The van der Waals surface area contributed by atoms with E-state index in [-0.39, 0.29) is 0 Å². The van der Waals surface area contributed by atoms with E-state index < -0.39 is 5.92 Å². The summed E-state index contributed by atoms with van der Waals surface area (Å²) in [6.45, 7) is 1.95. The summed E-state index contributed by atoms with van der Waals surface area (Å²) >= 11 is 12.6. The van der Waals surface area contributed by atoms with Crippen molar-refractivity contribution in [3.05, 3.63) is 69.5 Å². The van der Waals surface area contributed by atoms with Crippen LogP contribution in [0.2, 0.25) is 10.0 Å². The van der Waals surface area contributed by atoms with Crippen molar-refractivity contribution >= 4 is 46.2 Å². The molecule has 164 valence electrons. The van der Waals surface area contributed by atoms with Crippen molar-refractivity contribution in [3.63, 3.8) is 0 Å². The Kier molecular flexibility index (Phi) is 6.69. The second-order valence-corrected chi connectivity index (χ2v) is 8.88. The smallest absolute Gasteiger partial charge is 0.159 e. The number of rotatable bonds is 6. The molecular weight excluding hydrogens is 443 g/mol. The quantitative estimate of drug-likeness (QED) is 0.387. The Morgan fingerprint density at radius 2 is 1.78 bits per heavy atom. The third-order valence-corrected chi connectivity index (χ3v) is 6.40. The van der Waals surface area contributed by atoms with Gasteiger partial charge in [0, 0.05) is 21.8 Å². The monoisotopic (exact) mass is 466 g/mol. The lowest BCUT2D eigenvalue weighted by Gasteiger charge is -2.18. The molecule has 8 heteroatoms. The zero-order valence-corrected chi connectivity index (χ0v) is 19.2. The Balaban J connectivity index is 1.60. The normalized spacial score (nSPS) is 14.7. The number of halogens is 2. The number of nitrogens with two attached hydrogens (primary N) is 1. The minimum Gasteiger partial charge on any atom is -0.393 e. The zero-order chi connectivity index (χ0) is 22.7. The van der Waals surface area contributed by atoms with Crippen molar-refractivity contribution in [2.75, 3.05) is 16.4 Å². The van der Waals surface area contributed by atoms with Crippen LogP contribution in [-0.2, 0) is 0 Å². The van der Waals surface area contributed by atoms with Crippen LogP contribution >= 0.6 is 23.2 Å². The number of hydrogen-bond donors (Lipinski definition) is 3. The average molecular weight is 467 g/mol. The molecule has 1 aliphatic carbocycles. The first kappa shape index (κ1) is 22.2. The summed E-state index contributed by atoms with van der Waals surface area (Å²) in [5, 5.41) is 17.6. The van der Waals surface area contributed by atoms with Crippen molar-refractivity contribution in [3.8, 4) is 6.07 Å². The van der Waals surface area contributed by atoms with Gasteiger partial charge in [-0.3, -0.25) is 0 Å². The van der Waals surface area contributed by atoms with Gasteiger partial charge in [0.25, 0.3) is 0 Å². The summed E-state index contributed by atoms with van der Waals surface area (Å²) in [5.41, 5.74) is 10.1. The highest BCUT2D eigenvalue weighted by Gasteiger charge is 2.20. The van der Waals surface area contributed by atoms with E-state index in [1.807, 2.05) is 25.1 Å². The fourth-order valence-electron chi connectivity index (χ4n) is 4.04. The minimum atomic E-state index is -0.501. The lowest BCUT2D eigenvalue weighted by atomic mass is 9.91. The van der Waals surface area contributed by atoms with Crippen molar-refractivity contribution in [1.82, 2.24) is 9.97 Å². The number of aromatic nitrogens is 2. The van der Waals surface area contributed by atoms with E-state index in [2.05, 4.69) is 26.7 Å². The Morgan fingerprint density at radius 1 is 1.09 bits per heavy atom. The molecule has 0 radical (unpaired) electrons. The molecule has 6 nitrogen and oxygen atoms in total. The number of hydrogen-bond acceptors (Lipinski definition) is 6. The van der Waals surface area contributed by atoms with Crippen LogP contribution in [0.25, 0.3) is 0 Å². The number of benzene rings is 2. The summed E-state index contributed by atoms with van der Waals surface area (Å²) in [4.78, 5) is 8.63. The molecule has 1 aliphatic rings. The first-order chi connectivity index (χ1) is 15.5. The maximum Gasteiger partial charge on any atom is 0.159 e. The van der Waals surface area contributed by atoms with E-state index in [1.54, 1.807) is 18.2 Å². The van der Waals surface area contributed by atoms with Crippen LogP contribution in [0, 0.1) is 18.3 Å². The van der Waals surface area contributed by atoms with Gasteiger partial charge in [-0.2, -0.15) is 5.26 Å². The van der Waals surface area contributed by atoms with Crippen molar-refractivity contribution in [2.45, 2.75) is 44.6 Å². The summed E-state index contributed by atoms with van der Waals surface area (Å²) in [6.07, 6.45) is 6.18. The van der Waals surface area contributed by atoms with Crippen molar-refractivity contribution in [2.24, 2.45) is 0 Å². The maximum atomic E-state index is 9.81. The minimum absolute atomic E-state index is 0.395. The van der Waals surface area contributed by atoms with E-state index in [1.165, 1.54) is 19.2 Å². The molecule has 0 saturated heterocycles. The van der Waals surface area contributed by atoms with Crippen LogP contribution in [0.15, 0.2) is 42.7 Å². The van der Waals surface area contributed by atoms with E-state index in [4.69, 9.17) is 28.9 Å². The molecule has 0 amide bonds. The van der Waals surface area contributed by atoms with E-state index in [9.17, 15) is 5.26 Å². The van der Waals surface area contributed by atoms with Gasteiger partial charge >= 0.3 is 0 Å². The van der Waals surface area contributed by atoms with Crippen LogP contribution in [0.4, 0.5) is 23.0 Å². The molecule has 1 fully saturated rings. The molecule has 1 unspecified atom stereocenters. The summed E-state index contributed by atoms with van der Waals surface area (Å²) in [5.74, 6) is 0.655. The van der Waals surface area contributed by atoms with Gasteiger partial charge in [-0.15, -0.1) is 0 Å². The second-order valence-electron chi connectivity index (χ2n) is 8.04. The fraction of sp³-hybridized carbons (Fsp3) is 0.292. The number of nitriles is 1. The molecule has 1 atom stereocenters. The molecule has 2 aromatic carbocycles. The SMILES string of the molecule is Cc1cc(C(C#N)c2ccc(Cl)cc2)c(Cl)cc1Nc1ncnc(NC2CCCC2)c1N. The average Bonchev–Trinajstić information content (AvgIpc) is 3.29. The van der Waals surface area contributed by atoms with Gasteiger partial charge in [0.05, 0.1) is 12.0 Å². The molecule has 4 rings (SSSR count). The summed E-state index contributed by atoms with van der Waals surface area (Å²) in [7, 11) is 0. The molecule has 0 aliphatic heterocycles. The fourth-order valence-corrected chi connectivity index (χ4v) is 4.44. The number of aryl methyl sites for hydroxylation is 1. The Hall–Kier alpha value is -3.01. The van der Waals surface area contributed by atoms with E-state index >= 15 is 0 Å². The Labute approximate surface area is 197 Å². The van der Waals surface area contributed by atoms with Gasteiger partial charge in [0.2, 0.25) is 0 Å². The predicted molar refractivity (Wildman–Crippen MR) is 131 cm³/mol. The molecule has 3 aromatic rings. The summed E-state index contributed by atoms with van der Waals surface area (Å²) < 4.78 is 0. The highest BCUT2D eigenvalue weighted by Crippen LogP contribution is 2.36. The number of nitrogens with zero attached hydrogens (tertiary/aromatic N) is 3. The van der Waals surface area contributed by atoms with Gasteiger partial charge in [-0.1, -0.05) is 54.2 Å². The van der Waals surface area contributed by atoms with Gasteiger partial charge in [0.15, 0.2) is 11.6 Å². The van der Waals surface area contributed by atoms with Gasteiger partial charge in [-0.25, -0.2) is 9.97 Å². The lowest BCUT2D eigenvalue weighted by Crippen LogP contribution is -2.17. The highest BCUT2D eigenvalue weighted by atomic mass is 35.5. The van der Waals surface area contributed by atoms with Gasteiger partial charge < -0.3 is 16.4 Å². The van der Waals surface area contributed by atoms with E-state index in [0.717, 1.165) is 35.2 Å². The summed E-state index contributed by atoms with van der Waals surface area (Å²) in [6, 6.07) is 13.7. The van der Waals surface area contributed by atoms with E-state index in [0.29, 0.717) is 33.4 Å². The highest BCUT2D eigenvalue weighted by molar-refractivity contribution is 6.32. The molecule has 32 heavy (non-hydrogen) atoms. The number of anilines is 4. The third kappa shape index (κ3) is 4.74. The largest absolute Gasteiger partial charge is 0.393 e. The van der Waals surface area contributed by atoms with Gasteiger partial charge in [0.1, 0.15) is 12.0 Å². The van der Waals surface area contributed by atoms with Crippen LogP contribution in [0.1, 0.15) is 48.3 Å². The lowest BCUT2D eigenvalue weighted by molar-refractivity contribution is 0.750. The molecule has 1 aromatic heterocycles. The van der Waals surface area contributed by atoms with Crippen molar-refractivity contribution < 1.29 is 0 Å². The molecule has 0 bridgehead atoms. The molecular formula is C24H24Cl2N6. The van der Waals surface area contributed by atoms with Crippen LogP contribution < -0.4 is 16.4 Å².